The van der Waals surface area contributed by atoms with Crippen LogP contribution in [-0.4, -0.2) is 16.9 Å². The first-order chi connectivity index (χ1) is 6.15. The third-order valence-corrected chi connectivity index (χ3v) is 1.45. The third kappa shape index (κ3) is 1.91. The molecule has 0 radical (unpaired) electrons. The highest BCUT2D eigenvalue weighted by Crippen LogP contribution is 2.12. The van der Waals surface area contributed by atoms with Crippen molar-refractivity contribution in [3.8, 4) is 0 Å². The molecule has 1 rings (SSSR count). The van der Waals surface area contributed by atoms with Crippen LogP contribution in [0, 0.1) is 6.57 Å². The Bertz CT molecular complexity index is 386. The lowest BCUT2D eigenvalue weighted by atomic mass is 10.1. The summed E-state index contributed by atoms with van der Waals surface area (Å²) < 4.78 is 0. The van der Waals surface area contributed by atoms with E-state index in [1.54, 1.807) is 0 Å². The summed E-state index contributed by atoms with van der Waals surface area (Å²) in [5.74, 6) is -2.45. The van der Waals surface area contributed by atoms with Gasteiger partial charge in [-0.15, -0.1) is 0 Å². The first-order valence-electron chi connectivity index (χ1n) is 3.40. The molecule has 0 aliphatic carbocycles. The molecule has 0 saturated carbocycles. The van der Waals surface area contributed by atoms with E-state index in [0.29, 0.717) is 5.69 Å². The minimum atomic E-state index is -1.49. The summed E-state index contributed by atoms with van der Waals surface area (Å²) in [6, 6.07) is 5.46. The zero-order chi connectivity index (χ0) is 9.84. The van der Waals surface area contributed by atoms with Crippen LogP contribution in [0.5, 0.6) is 0 Å². The second-order valence-corrected chi connectivity index (χ2v) is 2.29. The van der Waals surface area contributed by atoms with Crippen LogP contribution in [0.3, 0.4) is 0 Å². The molecule has 0 saturated heterocycles. The number of carbonyl (C=O) groups excluding carboxylic acids is 1. The highest BCUT2D eigenvalue weighted by atomic mass is 16.4. The van der Waals surface area contributed by atoms with Crippen LogP contribution in [0.2, 0.25) is 0 Å². The Labute approximate surface area is 74.2 Å². The summed E-state index contributed by atoms with van der Waals surface area (Å²) in [5, 5.41) is 8.35. The van der Waals surface area contributed by atoms with Crippen molar-refractivity contribution in [3.05, 3.63) is 41.2 Å². The fraction of sp³-hybridized carbons (Fsp3) is 0. The maximum atomic E-state index is 10.9. The molecule has 0 amide bonds. The number of nitrogens with zero attached hydrogens (tertiary/aromatic N) is 1. The lowest BCUT2D eigenvalue weighted by Crippen LogP contribution is -2.12. The van der Waals surface area contributed by atoms with Crippen LogP contribution in [0.1, 0.15) is 10.4 Å². The van der Waals surface area contributed by atoms with Crippen LogP contribution in [0.25, 0.3) is 4.85 Å². The van der Waals surface area contributed by atoms with E-state index in [0.717, 1.165) is 0 Å². The molecule has 4 nitrogen and oxygen atoms in total. The quantitative estimate of drug-likeness (QED) is 0.421. The normalized spacial score (nSPS) is 8.85. The number of carbonyl (C=O) groups is 2. The van der Waals surface area contributed by atoms with E-state index in [9.17, 15) is 9.59 Å². The summed E-state index contributed by atoms with van der Waals surface area (Å²) >= 11 is 0. The lowest BCUT2D eigenvalue weighted by Gasteiger charge is -1.94. The van der Waals surface area contributed by atoms with Crippen molar-refractivity contribution in [1.29, 1.82) is 0 Å². The highest BCUT2D eigenvalue weighted by Gasteiger charge is 2.13. The standard InChI is InChI=1S/C9H5NO3/c1-10-7-4-2-6(3-5-7)8(11)9(12)13/h2-5H,(H,12,13). The molecule has 1 aromatic carbocycles. The Kier molecular flexibility index (Phi) is 2.41. The van der Waals surface area contributed by atoms with Gasteiger partial charge < -0.3 is 5.11 Å². The van der Waals surface area contributed by atoms with Gasteiger partial charge in [-0.2, -0.15) is 0 Å². The van der Waals surface area contributed by atoms with Crippen LogP contribution in [0.4, 0.5) is 5.69 Å². The third-order valence-electron chi connectivity index (χ3n) is 1.45. The molecule has 0 bridgehead atoms. The van der Waals surface area contributed by atoms with Crippen molar-refractivity contribution in [2.24, 2.45) is 0 Å². The predicted octanol–water partition coefficient (Wildman–Crippen LogP) is 1.50. The minimum Gasteiger partial charge on any atom is -0.475 e. The van der Waals surface area contributed by atoms with Crippen molar-refractivity contribution < 1.29 is 14.7 Å². The van der Waals surface area contributed by atoms with Crippen molar-refractivity contribution in [2.45, 2.75) is 0 Å². The molecule has 0 aromatic heterocycles. The van der Waals surface area contributed by atoms with Gasteiger partial charge in [-0.3, -0.25) is 4.79 Å². The summed E-state index contributed by atoms with van der Waals surface area (Å²) in [4.78, 5) is 24.2. The summed E-state index contributed by atoms with van der Waals surface area (Å²) in [5.41, 5.74) is 0.460. The molecule has 1 N–H and O–H groups in total. The molecule has 0 aliphatic rings. The predicted molar refractivity (Wildman–Crippen MR) is 44.7 cm³/mol. The van der Waals surface area contributed by atoms with E-state index < -0.39 is 11.8 Å². The molecule has 0 unspecified atom stereocenters. The van der Waals surface area contributed by atoms with Gasteiger partial charge in [0.1, 0.15) is 0 Å². The molecular formula is C9H5NO3. The van der Waals surface area contributed by atoms with Gasteiger partial charge in [-0.05, 0) is 0 Å². The van der Waals surface area contributed by atoms with Crippen molar-refractivity contribution in [1.82, 2.24) is 0 Å². The van der Waals surface area contributed by atoms with E-state index in [1.807, 2.05) is 0 Å². The fourth-order valence-corrected chi connectivity index (χ4v) is 0.811. The van der Waals surface area contributed by atoms with Gasteiger partial charge >= 0.3 is 5.97 Å². The van der Waals surface area contributed by atoms with Gasteiger partial charge in [0.15, 0.2) is 5.69 Å². The molecular weight excluding hydrogens is 170 g/mol. The molecule has 0 aliphatic heterocycles. The van der Waals surface area contributed by atoms with Crippen LogP contribution in [-0.2, 0) is 4.79 Å². The van der Waals surface area contributed by atoms with Gasteiger partial charge in [-0.25, -0.2) is 9.64 Å². The van der Waals surface area contributed by atoms with Gasteiger partial charge in [0.2, 0.25) is 0 Å². The first kappa shape index (κ1) is 8.94. The van der Waals surface area contributed by atoms with Crippen LogP contribution in [0.15, 0.2) is 24.3 Å². The van der Waals surface area contributed by atoms with E-state index in [-0.39, 0.29) is 5.56 Å². The molecule has 64 valence electrons. The molecule has 4 heteroatoms. The van der Waals surface area contributed by atoms with E-state index in [2.05, 4.69) is 4.85 Å². The number of ketones is 1. The summed E-state index contributed by atoms with van der Waals surface area (Å²) in [6.07, 6.45) is 0. The lowest BCUT2D eigenvalue weighted by molar-refractivity contribution is -0.131. The monoisotopic (exact) mass is 175 g/mol. The van der Waals surface area contributed by atoms with Gasteiger partial charge in [0.05, 0.1) is 6.57 Å². The molecule has 0 spiro atoms. The number of carboxylic acid groups (broad SMARTS) is 1. The Hall–Kier alpha value is -2.15. The Morgan fingerprint density at radius 1 is 1.23 bits per heavy atom. The smallest absolute Gasteiger partial charge is 0.377 e. The van der Waals surface area contributed by atoms with E-state index in [4.69, 9.17) is 11.7 Å². The van der Waals surface area contributed by atoms with Gasteiger partial charge in [0.25, 0.3) is 5.78 Å². The topological polar surface area (TPSA) is 58.7 Å². The SMILES string of the molecule is [C-]#[N+]c1ccc(C(=O)C(=O)O)cc1. The van der Waals surface area contributed by atoms with Crippen molar-refractivity contribution in [3.63, 3.8) is 0 Å². The fourth-order valence-electron chi connectivity index (χ4n) is 0.811. The zero-order valence-electron chi connectivity index (χ0n) is 6.52. The molecule has 0 fully saturated rings. The maximum Gasteiger partial charge on any atom is 0.377 e. The molecule has 0 heterocycles. The highest BCUT2D eigenvalue weighted by molar-refractivity contribution is 6.39. The first-order valence-corrected chi connectivity index (χ1v) is 3.40. The molecule has 1 aromatic rings. The summed E-state index contributed by atoms with van der Waals surface area (Å²) in [7, 11) is 0. The van der Waals surface area contributed by atoms with Crippen molar-refractivity contribution in [2.75, 3.05) is 0 Å². The largest absolute Gasteiger partial charge is 0.475 e. The maximum absolute atomic E-state index is 10.9. The number of hydrogen-bond acceptors (Lipinski definition) is 2. The molecule has 0 atom stereocenters. The van der Waals surface area contributed by atoms with E-state index >= 15 is 0 Å². The van der Waals surface area contributed by atoms with Crippen LogP contribution < -0.4 is 0 Å². The second-order valence-electron chi connectivity index (χ2n) is 2.29. The minimum absolute atomic E-state index is 0.0832. The number of benzene rings is 1. The van der Waals surface area contributed by atoms with Crippen molar-refractivity contribution >= 4 is 17.4 Å². The van der Waals surface area contributed by atoms with Gasteiger partial charge in [-0.1, -0.05) is 24.3 Å². The Balaban J connectivity index is 3.01. The Morgan fingerprint density at radius 2 is 1.77 bits per heavy atom. The van der Waals surface area contributed by atoms with Crippen LogP contribution >= 0.6 is 0 Å². The average Bonchev–Trinajstić information content (AvgIpc) is 2.17. The number of hydrogen-bond donors (Lipinski definition) is 1. The molecule has 13 heavy (non-hydrogen) atoms. The number of aliphatic carboxylic acids is 1. The van der Waals surface area contributed by atoms with Gasteiger partial charge in [0, 0.05) is 5.56 Å². The number of rotatable bonds is 2. The van der Waals surface area contributed by atoms with E-state index in [1.165, 1.54) is 24.3 Å². The number of Topliss-reactive ketones (excluding diaryl/α,β-unsaturated/α-hetero) is 1. The number of carboxylic acids is 1. The zero-order valence-corrected chi connectivity index (χ0v) is 6.52. The average molecular weight is 175 g/mol. The second kappa shape index (κ2) is 3.50. The Morgan fingerprint density at radius 3 is 2.15 bits per heavy atom. The summed E-state index contributed by atoms with van der Waals surface area (Å²) in [6.45, 7) is 6.63.